The van der Waals surface area contributed by atoms with E-state index in [1.165, 1.54) is 0 Å². The molecule has 0 aliphatic heterocycles. The van der Waals surface area contributed by atoms with E-state index < -0.39 is 0 Å². The molecule has 0 radical (unpaired) electrons. The smallest absolute Gasteiger partial charge is 0.225 e. The molecule has 0 aliphatic rings. The van der Waals surface area contributed by atoms with Gasteiger partial charge in [-0.25, -0.2) is 0 Å². The minimum atomic E-state index is -0.0906. The molecule has 0 saturated carbocycles. The van der Waals surface area contributed by atoms with Gasteiger partial charge in [-0.15, -0.1) is 0 Å². The molecular formula is C11H13BrN2OS. The van der Waals surface area contributed by atoms with Crippen molar-refractivity contribution >= 4 is 44.7 Å². The SMILES string of the molecule is CC(CC(=O)Nc1ccccc1Br)C(N)=S. The molecule has 5 heteroatoms. The lowest BCUT2D eigenvalue weighted by Crippen LogP contribution is -2.24. The average molecular weight is 301 g/mol. The van der Waals surface area contributed by atoms with Crippen molar-refractivity contribution in [2.24, 2.45) is 11.7 Å². The molecule has 0 bridgehead atoms. The van der Waals surface area contributed by atoms with Crippen molar-refractivity contribution in [3.63, 3.8) is 0 Å². The molecule has 0 heterocycles. The lowest BCUT2D eigenvalue weighted by Gasteiger charge is -2.10. The minimum absolute atomic E-state index is 0.0857. The highest BCUT2D eigenvalue weighted by atomic mass is 79.9. The van der Waals surface area contributed by atoms with E-state index in [0.717, 1.165) is 10.2 Å². The summed E-state index contributed by atoms with van der Waals surface area (Å²) in [5.74, 6) is -0.176. The maximum absolute atomic E-state index is 11.6. The van der Waals surface area contributed by atoms with Gasteiger partial charge in [0.15, 0.2) is 0 Å². The number of carbonyl (C=O) groups excluding carboxylic acids is 1. The van der Waals surface area contributed by atoms with Crippen LogP contribution in [0.3, 0.4) is 0 Å². The fraction of sp³-hybridized carbons (Fsp3) is 0.273. The van der Waals surface area contributed by atoms with E-state index in [4.69, 9.17) is 18.0 Å². The van der Waals surface area contributed by atoms with Crippen molar-refractivity contribution in [2.75, 3.05) is 5.32 Å². The lowest BCUT2D eigenvalue weighted by molar-refractivity contribution is -0.116. The summed E-state index contributed by atoms with van der Waals surface area (Å²) in [5, 5.41) is 2.79. The summed E-state index contributed by atoms with van der Waals surface area (Å²) in [6, 6.07) is 7.44. The van der Waals surface area contributed by atoms with Crippen molar-refractivity contribution in [3.8, 4) is 0 Å². The number of nitrogens with two attached hydrogens (primary N) is 1. The average Bonchev–Trinajstić information content (AvgIpc) is 2.21. The first-order valence-electron chi connectivity index (χ1n) is 4.84. The number of anilines is 1. The Kier molecular flexibility index (Phi) is 4.89. The molecule has 0 aliphatic carbocycles. The van der Waals surface area contributed by atoms with Crippen molar-refractivity contribution in [1.82, 2.24) is 0 Å². The second kappa shape index (κ2) is 5.96. The van der Waals surface area contributed by atoms with E-state index in [1.807, 2.05) is 31.2 Å². The zero-order chi connectivity index (χ0) is 12.1. The summed E-state index contributed by atoms with van der Waals surface area (Å²) in [6.45, 7) is 1.84. The number of halogens is 1. The van der Waals surface area contributed by atoms with Gasteiger partial charge in [-0.3, -0.25) is 4.79 Å². The Morgan fingerprint density at radius 2 is 2.19 bits per heavy atom. The number of hydrogen-bond donors (Lipinski definition) is 2. The predicted octanol–water partition coefficient (Wildman–Crippen LogP) is 2.70. The molecule has 3 N–H and O–H groups in total. The first-order chi connectivity index (χ1) is 7.50. The van der Waals surface area contributed by atoms with E-state index in [2.05, 4.69) is 21.2 Å². The molecule has 16 heavy (non-hydrogen) atoms. The number of nitrogens with one attached hydrogen (secondary N) is 1. The molecule has 0 saturated heterocycles. The van der Waals surface area contributed by atoms with Gasteiger partial charge in [0.2, 0.25) is 5.91 Å². The van der Waals surface area contributed by atoms with Gasteiger partial charge < -0.3 is 11.1 Å². The third-order valence-corrected chi connectivity index (χ3v) is 3.22. The maximum Gasteiger partial charge on any atom is 0.225 e. The monoisotopic (exact) mass is 300 g/mol. The molecule has 3 nitrogen and oxygen atoms in total. The summed E-state index contributed by atoms with van der Waals surface area (Å²) in [4.78, 5) is 12.0. The predicted molar refractivity (Wildman–Crippen MR) is 73.3 cm³/mol. The van der Waals surface area contributed by atoms with Gasteiger partial charge in [-0.05, 0) is 28.1 Å². The molecule has 1 aromatic carbocycles. The summed E-state index contributed by atoms with van der Waals surface area (Å²) >= 11 is 8.17. The Labute approximate surface area is 109 Å². The van der Waals surface area contributed by atoms with Crippen molar-refractivity contribution < 1.29 is 4.79 Å². The van der Waals surface area contributed by atoms with Crippen LogP contribution in [0.2, 0.25) is 0 Å². The fourth-order valence-electron chi connectivity index (χ4n) is 1.14. The van der Waals surface area contributed by atoms with Crippen LogP contribution in [0.25, 0.3) is 0 Å². The third kappa shape index (κ3) is 3.90. The minimum Gasteiger partial charge on any atom is -0.393 e. The standard InChI is InChI=1S/C11H13BrN2OS/c1-7(11(13)16)6-10(15)14-9-5-3-2-4-8(9)12/h2-5,7H,6H2,1H3,(H2,13,16)(H,14,15). The van der Waals surface area contributed by atoms with Gasteiger partial charge in [0, 0.05) is 16.8 Å². The second-order valence-electron chi connectivity index (χ2n) is 3.54. The first-order valence-corrected chi connectivity index (χ1v) is 6.04. The van der Waals surface area contributed by atoms with Gasteiger partial charge >= 0.3 is 0 Å². The highest BCUT2D eigenvalue weighted by Gasteiger charge is 2.12. The Morgan fingerprint density at radius 3 is 2.75 bits per heavy atom. The molecule has 0 spiro atoms. The fourth-order valence-corrected chi connectivity index (χ4v) is 1.61. The van der Waals surface area contributed by atoms with E-state index in [-0.39, 0.29) is 11.8 Å². The molecule has 1 amide bonds. The van der Waals surface area contributed by atoms with E-state index >= 15 is 0 Å². The van der Waals surface area contributed by atoms with Gasteiger partial charge in [0.25, 0.3) is 0 Å². The molecule has 0 aromatic heterocycles. The Morgan fingerprint density at radius 1 is 1.56 bits per heavy atom. The van der Waals surface area contributed by atoms with Crippen LogP contribution in [-0.4, -0.2) is 10.9 Å². The Balaban J connectivity index is 2.59. The third-order valence-electron chi connectivity index (χ3n) is 2.13. The van der Waals surface area contributed by atoms with Gasteiger partial charge in [-0.1, -0.05) is 31.3 Å². The molecule has 0 fully saturated rings. The molecule has 1 rings (SSSR count). The Bertz CT molecular complexity index is 409. The van der Waals surface area contributed by atoms with Gasteiger partial charge in [0.05, 0.1) is 10.7 Å². The largest absolute Gasteiger partial charge is 0.393 e. The zero-order valence-corrected chi connectivity index (χ0v) is 11.3. The number of thiocarbonyl (C=S) groups is 1. The van der Waals surface area contributed by atoms with Crippen LogP contribution < -0.4 is 11.1 Å². The summed E-state index contributed by atoms with van der Waals surface area (Å²) in [6.07, 6.45) is 0.302. The first kappa shape index (κ1) is 13.1. The van der Waals surface area contributed by atoms with Gasteiger partial charge in [0.1, 0.15) is 0 Å². The number of amides is 1. The van der Waals surface area contributed by atoms with Crippen molar-refractivity contribution in [2.45, 2.75) is 13.3 Å². The van der Waals surface area contributed by atoms with Crippen molar-refractivity contribution in [3.05, 3.63) is 28.7 Å². The van der Waals surface area contributed by atoms with Gasteiger partial charge in [-0.2, -0.15) is 0 Å². The van der Waals surface area contributed by atoms with Crippen LogP contribution in [0.4, 0.5) is 5.69 Å². The summed E-state index contributed by atoms with van der Waals surface area (Å²) in [5.41, 5.74) is 6.20. The normalized spacial score (nSPS) is 11.9. The number of para-hydroxylation sites is 1. The van der Waals surface area contributed by atoms with Crippen LogP contribution in [0.1, 0.15) is 13.3 Å². The van der Waals surface area contributed by atoms with Crippen LogP contribution >= 0.6 is 28.1 Å². The van der Waals surface area contributed by atoms with Crippen LogP contribution in [0.5, 0.6) is 0 Å². The zero-order valence-electron chi connectivity index (χ0n) is 8.87. The quantitative estimate of drug-likeness (QED) is 0.841. The second-order valence-corrected chi connectivity index (χ2v) is 4.86. The molecule has 86 valence electrons. The maximum atomic E-state index is 11.6. The molecule has 1 aromatic rings. The highest BCUT2D eigenvalue weighted by Crippen LogP contribution is 2.21. The number of rotatable bonds is 4. The number of carbonyl (C=O) groups is 1. The topological polar surface area (TPSA) is 55.1 Å². The molecular weight excluding hydrogens is 288 g/mol. The summed E-state index contributed by atoms with van der Waals surface area (Å²) < 4.78 is 0.853. The van der Waals surface area contributed by atoms with E-state index in [0.29, 0.717) is 11.4 Å². The number of hydrogen-bond acceptors (Lipinski definition) is 2. The Hall–Kier alpha value is -0.940. The van der Waals surface area contributed by atoms with E-state index in [9.17, 15) is 4.79 Å². The van der Waals surface area contributed by atoms with Crippen LogP contribution in [-0.2, 0) is 4.79 Å². The molecule has 1 unspecified atom stereocenters. The molecule has 1 atom stereocenters. The van der Waals surface area contributed by atoms with Crippen LogP contribution in [0, 0.1) is 5.92 Å². The van der Waals surface area contributed by atoms with Crippen molar-refractivity contribution in [1.29, 1.82) is 0 Å². The lowest BCUT2D eigenvalue weighted by atomic mass is 10.1. The highest BCUT2D eigenvalue weighted by molar-refractivity contribution is 9.10. The summed E-state index contributed by atoms with van der Waals surface area (Å²) in [7, 11) is 0. The van der Waals surface area contributed by atoms with Crippen LogP contribution in [0.15, 0.2) is 28.7 Å². The van der Waals surface area contributed by atoms with E-state index in [1.54, 1.807) is 0 Å². The number of benzene rings is 1.